The molecule has 0 radical (unpaired) electrons. The van der Waals surface area contributed by atoms with Crippen LogP contribution >= 0.6 is 0 Å². The summed E-state index contributed by atoms with van der Waals surface area (Å²) in [5.41, 5.74) is 4.92. The number of sulfone groups is 1. The summed E-state index contributed by atoms with van der Waals surface area (Å²) in [5.74, 6) is 0. The summed E-state index contributed by atoms with van der Waals surface area (Å²) in [4.78, 5) is 0.327. The molecule has 112 valence electrons. The van der Waals surface area contributed by atoms with Gasteiger partial charge in [-0.25, -0.2) is 8.42 Å². The number of rotatable bonds is 3. The van der Waals surface area contributed by atoms with Crippen molar-refractivity contribution in [1.29, 1.82) is 0 Å². The van der Waals surface area contributed by atoms with E-state index in [0.29, 0.717) is 4.90 Å². The molecule has 0 saturated heterocycles. The van der Waals surface area contributed by atoms with E-state index in [1.165, 1.54) is 6.26 Å². The minimum Gasteiger partial charge on any atom is -0.364 e. The molecule has 0 atom stereocenters. The highest BCUT2D eigenvalue weighted by Gasteiger charge is 2.09. The van der Waals surface area contributed by atoms with Crippen molar-refractivity contribution in [2.24, 2.45) is 0 Å². The van der Waals surface area contributed by atoms with Crippen LogP contribution in [-0.4, -0.2) is 19.8 Å². The number of nitrogens with zero attached hydrogens (tertiary/aromatic N) is 1. The lowest BCUT2D eigenvalue weighted by Crippen LogP contribution is -1.96. The first-order chi connectivity index (χ1) is 10.4. The predicted molar refractivity (Wildman–Crippen MR) is 85.2 cm³/mol. The Labute approximate surface area is 129 Å². The molecule has 5 heteroatoms. The highest BCUT2D eigenvalue weighted by molar-refractivity contribution is 7.90. The molecule has 0 N–H and O–H groups in total. The zero-order chi connectivity index (χ0) is 15.7. The largest absolute Gasteiger partial charge is 0.364 e. The average Bonchev–Trinajstić information content (AvgIpc) is 3.00. The van der Waals surface area contributed by atoms with E-state index in [-0.39, 0.29) is 0 Å². The molecule has 1 heterocycles. The Balaban J connectivity index is 1.99. The first-order valence-corrected chi connectivity index (χ1v) is 8.66. The van der Waals surface area contributed by atoms with Crippen molar-refractivity contribution in [3.63, 3.8) is 0 Å². The molecule has 3 rings (SSSR count). The van der Waals surface area contributed by atoms with Crippen molar-refractivity contribution in [2.75, 3.05) is 6.26 Å². The Hall–Kier alpha value is -2.40. The molecule has 0 unspecified atom stereocenters. The fourth-order valence-electron chi connectivity index (χ4n) is 2.39. The second kappa shape index (κ2) is 5.42. The molecule has 0 amide bonds. The quantitative estimate of drug-likeness (QED) is 0.739. The molecule has 0 fully saturated rings. The van der Waals surface area contributed by atoms with Gasteiger partial charge in [0.15, 0.2) is 9.84 Å². The molecule has 3 aromatic rings. The Bertz CT molecular complexity index is 896. The molecule has 22 heavy (non-hydrogen) atoms. The SMILES string of the molecule is Cc1cc(-c2ccon2)ccc1-c1ccc(S(C)(=O)=O)cc1. The summed E-state index contributed by atoms with van der Waals surface area (Å²) >= 11 is 0. The van der Waals surface area contributed by atoms with E-state index in [4.69, 9.17) is 4.52 Å². The number of aromatic nitrogens is 1. The van der Waals surface area contributed by atoms with Crippen LogP contribution in [-0.2, 0) is 9.84 Å². The number of aryl methyl sites for hydroxylation is 1. The molecule has 2 aromatic carbocycles. The number of hydrogen-bond donors (Lipinski definition) is 0. The Morgan fingerprint density at radius 2 is 1.64 bits per heavy atom. The van der Waals surface area contributed by atoms with E-state index >= 15 is 0 Å². The van der Waals surface area contributed by atoms with Gasteiger partial charge in [-0.1, -0.05) is 29.4 Å². The zero-order valence-electron chi connectivity index (χ0n) is 12.3. The summed E-state index contributed by atoms with van der Waals surface area (Å²) in [5, 5.41) is 3.93. The molecule has 0 saturated carbocycles. The minimum atomic E-state index is -3.17. The lowest BCUT2D eigenvalue weighted by Gasteiger charge is -2.08. The summed E-state index contributed by atoms with van der Waals surface area (Å²) in [6.07, 6.45) is 2.75. The Morgan fingerprint density at radius 3 is 2.18 bits per heavy atom. The van der Waals surface area contributed by atoms with Gasteiger partial charge in [-0.2, -0.15) is 0 Å². The van der Waals surface area contributed by atoms with E-state index in [1.54, 1.807) is 18.4 Å². The van der Waals surface area contributed by atoms with Gasteiger partial charge < -0.3 is 4.52 Å². The molecule has 0 aliphatic heterocycles. The third-order valence-corrected chi connectivity index (χ3v) is 4.68. The van der Waals surface area contributed by atoms with Gasteiger partial charge in [0.2, 0.25) is 0 Å². The normalized spacial score (nSPS) is 11.5. The second-order valence-corrected chi connectivity index (χ2v) is 7.23. The van der Waals surface area contributed by atoms with Crippen LogP contribution in [0.5, 0.6) is 0 Å². The lowest BCUT2D eigenvalue weighted by molar-refractivity contribution is 0.422. The van der Waals surface area contributed by atoms with Crippen LogP contribution in [0.3, 0.4) is 0 Å². The van der Waals surface area contributed by atoms with E-state index in [9.17, 15) is 8.42 Å². The van der Waals surface area contributed by atoms with Crippen molar-refractivity contribution < 1.29 is 12.9 Å². The predicted octanol–water partition coefficient (Wildman–Crippen LogP) is 3.72. The van der Waals surface area contributed by atoms with Crippen LogP contribution in [0.2, 0.25) is 0 Å². The van der Waals surface area contributed by atoms with Crippen molar-refractivity contribution in [3.8, 4) is 22.4 Å². The molecule has 1 aromatic heterocycles. The minimum absolute atomic E-state index is 0.327. The van der Waals surface area contributed by atoms with Gasteiger partial charge in [0.25, 0.3) is 0 Å². The third kappa shape index (κ3) is 2.80. The van der Waals surface area contributed by atoms with Gasteiger partial charge in [-0.05, 0) is 41.8 Å². The summed E-state index contributed by atoms with van der Waals surface area (Å²) in [6, 6.07) is 14.8. The molecular formula is C17H15NO3S. The molecular weight excluding hydrogens is 298 g/mol. The van der Waals surface area contributed by atoms with Gasteiger partial charge in [-0.3, -0.25) is 0 Å². The fraction of sp³-hybridized carbons (Fsp3) is 0.118. The monoisotopic (exact) mass is 313 g/mol. The van der Waals surface area contributed by atoms with Gasteiger partial charge in [-0.15, -0.1) is 0 Å². The first kappa shape index (κ1) is 14.5. The standard InChI is InChI=1S/C17H15NO3S/c1-12-11-14(17-9-10-21-18-17)5-8-16(12)13-3-6-15(7-4-13)22(2,19)20/h3-11H,1-2H3. The van der Waals surface area contributed by atoms with Crippen LogP contribution in [0.25, 0.3) is 22.4 Å². The fourth-order valence-corrected chi connectivity index (χ4v) is 3.02. The maximum atomic E-state index is 11.5. The highest BCUT2D eigenvalue weighted by Crippen LogP contribution is 2.28. The highest BCUT2D eigenvalue weighted by atomic mass is 32.2. The van der Waals surface area contributed by atoms with E-state index in [2.05, 4.69) is 5.16 Å². The van der Waals surface area contributed by atoms with Crippen LogP contribution in [0.1, 0.15) is 5.56 Å². The summed E-state index contributed by atoms with van der Waals surface area (Å²) in [6.45, 7) is 2.02. The van der Waals surface area contributed by atoms with Crippen LogP contribution in [0.15, 0.2) is 64.2 Å². The van der Waals surface area contributed by atoms with Crippen molar-refractivity contribution in [2.45, 2.75) is 11.8 Å². The third-order valence-electron chi connectivity index (χ3n) is 3.55. The smallest absolute Gasteiger partial charge is 0.175 e. The van der Waals surface area contributed by atoms with Crippen LogP contribution in [0, 0.1) is 6.92 Å². The van der Waals surface area contributed by atoms with E-state index in [1.807, 2.05) is 43.3 Å². The van der Waals surface area contributed by atoms with Gasteiger partial charge >= 0.3 is 0 Å². The van der Waals surface area contributed by atoms with E-state index < -0.39 is 9.84 Å². The van der Waals surface area contributed by atoms with Crippen molar-refractivity contribution >= 4 is 9.84 Å². The Kier molecular flexibility index (Phi) is 3.58. The molecule has 0 spiro atoms. The Morgan fingerprint density at radius 1 is 0.955 bits per heavy atom. The van der Waals surface area contributed by atoms with Gasteiger partial charge in [0, 0.05) is 17.9 Å². The van der Waals surface area contributed by atoms with Gasteiger partial charge in [0.05, 0.1) is 4.90 Å². The maximum absolute atomic E-state index is 11.5. The lowest BCUT2D eigenvalue weighted by atomic mass is 9.97. The molecule has 0 bridgehead atoms. The van der Waals surface area contributed by atoms with E-state index in [0.717, 1.165) is 27.9 Å². The van der Waals surface area contributed by atoms with Crippen LogP contribution < -0.4 is 0 Å². The number of benzene rings is 2. The molecule has 0 aliphatic carbocycles. The summed E-state index contributed by atoms with van der Waals surface area (Å²) in [7, 11) is -3.17. The topological polar surface area (TPSA) is 60.2 Å². The van der Waals surface area contributed by atoms with Crippen LogP contribution in [0.4, 0.5) is 0 Å². The maximum Gasteiger partial charge on any atom is 0.175 e. The number of hydrogen-bond acceptors (Lipinski definition) is 4. The zero-order valence-corrected chi connectivity index (χ0v) is 13.1. The van der Waals surface area contributed by atoms with Gasteiger partial charge in [0.1, 0.15) is 12.0 Å². The first-order valence-electron chi connectivity index (χ1n) is 6.77. The van der Waals surface area contributed by atoms with Crippen molar-refractivity contribution in [1.82, 2.24) is 5.16 Å². The molecule has 4 nitrogen and oxygen atoms in total. The van der Waals surface area contributed by atoms with Crippen molar-refractivity contribution in [3.05, 3.63) is 60.4 Å². The second-order valence-electron chi connectivity index (χ2n) is 5.21. The molecule has 0 aliphatic rings. The summed E-state index contributed by atoms with van der Waals surface area (Å²) < 4.78 is 27.9. The average molecular weight is 313 g/mol.